The molecule has 5 heteroatoms. The highest BCUT2D eigenvalue weighted by Gasteiger charge is 2.08. The monoisotopic (exact) mass is 329 g/mol. The van der Waals surface area contributed by atoms with E-state index in [-0.39, 0.29) is 18.0 Å². The molecule has 0 saturated carbocycles. The average molecular weight is 329 g/mol. The standard InChI is InChI=1S/C20H15N3O2/c24-19(22-16-10-9-14-5-1-2-6-15(14)11-16)12-23-13-21-18-8-4-3-7-17(18)20(23)25/h1-11,13H,12H2,(H,22,24). The molecule has 1 aromatic heterocycles. The number of para-hydroxylation sites is 1. The molecule has 1 heterocycles. The van der Waals surface area contributed by atoms with Crippen molar-refractivity contribution in [2.45, 2.75) is 6.54 Å². The van der Waals surface area contributed by atoms with E-state index in [4.69, 9.17) is 0 Å². The molecule has 4 aromatic rings. The summed E-state index contributed by atoms with van der Waals surface area (Å²) in [6.07, 6.45) is 1.41. The quantitative estimate of drug-likeness (QED) is 0.628. The van der Waals surface area contributed by atoms with Crippen molar-refractivity contribution in [3.05, 3.63) is 83.4 Å². The van der Waals surface area contributed by atoms with Crippen molar-refractivity contribution in [1.82, 2.24) is 9.55 Å². The van der Waals surface area contributed by atoms with Crippen LogP contribution in [0.15, 0.2) is 77.9 Å². The Bertz CT molecular complexity index is 1150. The molecule has 0 unspecified atom stereocenters. The summed E-state index contributed by atoms with van der Waals surface area (Å²) in [5, 5.41) is 5.49. The predicted molar refractivity (Wildman–Crippen MR) is 98.6 cm³/mol. The Morgan fingerprint density at radius 1 is 0.960 bits per heavy atom. The average Bonchev–Trinajstić information content (AvgIpc) is 2.64. The summed E-state index contributed by atoms with van der Waals surface area (Å²) in [6, 6.07) is 20.7. The molecule has 3 aromatic carbocycles. The molecule has 5 nitrogen and oxygen atoms in total. The Labute approximate surface area is 143 Å². The van der Waals surface area contributed by atoms with Crippen LogP contribution in [-0.2, 0) is 11.3 Å². The summed E-state index contributed by atoms with van der Waals surface area (Å²) in [5.41, 5.74) is 1.10. The molecule has 122 valence electrons. The van der Waals surface area contributed by atoms with Gasteiger partial charge < -0.3 is 5.32 Å². The Kier molecular flexibility index (Phi) is 3.74. The number of carbonyl (C=O) groups excluding carboxylic acids is 1. The molecule has 1 N–H and O–H groups in total. The lowest BCUT2D eigenvalue weighted by Gasteiger charge is -2.09. The molecule has 0 bridgehead atoms. The van der Waals surface area contributed by atoms with Crippen molar-refractivity contribution in [2.75, 3.05) is 5.32 Å². The smallest absolute Gasteiger partial charge is 0.261 e. The van der Waals surface area contributed by atoms with Gasteiger partial charge in [0.05, 0.1) is 17.2 Å². The van der Waals surface area contributed by atoms with Gasteiger partial charge in [-0.25, -0.2) is 4.98 Å². The molecule has 0 aliphatic carbocycles. The van der Waals surface area contributed by atoms with E-state index in [0.717, 1.165) is 10.8 Å². The van der Waals surface area contributed by atoms with Crippen LogP contribution in [0.25, 0.3) is 21.7 Å². The molecule has 25 heavy (non-hydrogen) atoms. The van der Waals surface area contributed by atoms with Gasteiger partial charge in [-0.2, -0.15) is 0 Å². The van der Waals surface area contributed by atoms with Gasteiger partial charge in [-0.3, -0.25) is 14.2 Å². The molecular formula is C20H15N3O2. The summed E-state index contributed by atoms with van der Waals surface area (Å²) in [5.74, 6) is -0.269. The van der Waals surface area contributed by atoms with E-state index in [9.17, 15) is 9.59 Å². The molecular weight excluding hydrogens is 314 g/mol. The first-order valence-electron chi connectivity index (χ1n) is 7.93. The first-order valence-corrected chi connectivity index (χ1v) is 7.93. The summed E-state index contributed by atoms with van der Waals surface area (Å²) < 4.78 is 1.32. The molecule has 0 fully saturated rings. The Morgan fingerprint density at radius 2 is 1.72 bits per heavy atom. The maximum absolute atomic E-state index is 12.4. The summed E-state index contributed by atoms with van der Waals surface area (Å²) >= 11 is 0. The first kappa shape index (κ1) is 15.1. The molecule has 0 aliphatic rings. The SMILES string of the molecule is O=C(Cn1cnc2ccccc2c1=O)Nc1ccc2ccccc2c1. The third-order valence-corrected chi connectivity index (χ3v) is 4.08. The second kappa shape index (κ2) is 6.20. The number of nitrogens with zero attached hydrogens (tertiary/aromatic N) is 2. The second-order valence-corrected chi connectivity index (χ2v) is 5.80. The highest BCUT2D eigenvalue weighted by Crippen LogP contribution is 2.18. The van der Waals surface area contributed by atoms with Crippen LogP contribution >= 0.6 is 0 Å². The predicted octanol–water partition coefficient (Wildman–Crippen LogP) is 3.19. The largest absolute Gasteiger partial charge is 0.325 e. The molecule has 0 spiro atoms. The highest BCUT2D eigenvalue weighted by atomic mass is 16.2. The summed E-state index contributed by atoms with van der Waals surface area (Å²) in [6.45, 7) is -0.0799. The van der Waals surface area contributed by atoms with Crippen LogP contribution in [0.3, 0.4) is 0 Å². The Morgan fingerprint density at radius 3 is 2.60 bits per heavy atom. The van der Waals surface area contributed by atoms with Crippen LogP contribution in [0.4, 0.5) is 5.69 Å². The van der Waals surface area contributed by atoms with Gasteiger partial charge in [0.15, 0.2) is 0 Å². The fraction of sp³-hybridized carbons (Fsp3) is 0.0500. The first-order chi connectivity index (χ1) is 12.2. The van der Waals surface area contributed by atoms with E-state index in [1.54, 1.807) is 18.2 Å². The highest BCUT2D eigenvalue weighted by molar-refractivity contribution is 5.94. The van der Waals surface area contributed by atoms with Crippen LogP contribution in [-0.4, -0.2) is 15.5 Å². The van der Waals surface area contributed by atoms with Crippen molar-refractivity contribution < 1.29 is 4.79 Å². The number of amides is 1. The molecule has 0 saturated heterocycles. The zero-order chi connectivity index (χ0) is 17.2. The van der Waals surface area contributed by atoms with E-state index >= 15 is 0 Å². The van der Waals surface area contributed by atoms with Crippen molar-refractivity contribution >= 4 is 33.3 Å². The van der Waals surface area contributed by atoms with E-state index in [0.29, 0.717) is 16.6 Å². The number of rotatable bonds is 3. The number of aromatic nitrogens is 2. The zero-order valence-corrected chi connectivity index (χ0v) is 13.3. The molecule has 4 rings (SSSR count). The number of hydrogen-bond donors (Lipinski definition) is 1. The third-order valence-electron chi connectivity index (χ3n) is 4.08. The van der Waals surface area contributed by atoms with Gasteiger partial charge in [-0.1, -0.05) is 42.5 Å². The van der Waals surface area contributed by atoms with Gasteiger partial charge in [0, 0.05) is 5.69 Å². The van der Waals surface area contributed by atoms with Gasteiger partial charge in [-0.15, -0.1) is 0 Å². The lowest BCUT2D eigenvalue weighted by Crippen LogP contribution is -2.27. The minimum Gasteiger partial charge on any atom is -0.325 e. The molecule has 0 aliphatic heterocycles. The number of anilines is 1. The van der Waals surface area contributed by atoms with Gasteiger partial charge in [0.1, 0.15) is 6.54 Å². The minimum absolute atomic E-state index is 0.0799. The van der Waals surface area contributed by atoms with E-state index < -0.39 is 0 Å². The normalized spacial score (nSPS) is 10.9. The van der Waals surface area contributed by atoms with Gasteiger partial charge >= 0.3 is 0 Å². The number of fused-ring (bicyclic) bond motifs is 2. The van der Waals surface area contributed by atoms with Gasteiger partial charge in [0.25, 0.3) is 5.56 Å². The van der Waals surface area contributed by atoms with Crippen LogP contribution in [0.5, 0.6) is 0 Å². The number of benzene rings is 3. The Hall–Kier alpha value is -3.47. The third kappa shape index (κ3) is 2.99. The fourth-order valence-corrected chi connectivity index (χ4v) is 2.84. The fourth-order valence-electron chi connectivity index (χ4n) is 2.84. The molecule has 1 amide bonds. The van der Waals surface area contributed by atoms with E-state index in [1.165, 1.54) is 10.9 Å². The summed E-state index contributed by atoms with van der Waals surface area (Å²) in [7, 11) is 0. The van der Waals surface area contributed by atoms with Crippen molar-refractivity contribution in [2.24, 2.45) is 0 Å². The lowest BCUT2D eigenvalue weighted by atomic mass is 10.1. The zero-order valence-electron chi connectivity index (χ0n) is 13.3. The van der Waals surface area contributed by atoms with Crippen molar-refractivity contribution in [3.63, 3.8) is 0 Å². The van der Waals surface area contributed by atoms with E-state index in [1.807, 2.05) is 48.5 Å². The molecule has 0 atom stereocenters. The van der Waals surface area contributed by atoms with Crippen molar-refractivity contribution in [1.29, 1.82) is 0 Å². The van der Waals surface area contributed by atoms with Gasteiger partial charge in [-0.05, 0) is 35.0 Å². The second-order valence-electron chi connectivity index (χ2n) is 5.80. The number of hydrogen-bond acceptors (Lipinski definition) is 3. The van der Waals surface area contributed by atoms with Crippen LogP contribution in [0.1, 0.15) is 0 Å². The topological polar surface area (TPSA) is 64.0 Å². The van der Waals surface area contributed by atoms with Crippen LogP contribution in [0, 0.1) is 0 Å². The maximum atomic E-state index is 12.4. The van der Waals surface area contributed by atoms with Crippen LogP contribution in [0.2, 0.25) is 0 Å². The van der Waals surface area contributed by atoms with Gasteiger partial charge in [0.2, 0.25) is 5.91 Å². The molecule has 0 radical (unpaired) electrons. The Balaban J connectivity index is 1.57. The van der Waals surface area contributed by atoms with E-state index in [2.05, 4.69) is 10.3 Å². The lowest BCUT2D eigenvalue weighted by molar-refractivity contribution is -0.116. The number of carbonyl (C=O) groups is 1. The number of nitrogens with one attached hydrogen (secondary N) is 1. The van der Waals surface area contributed by atoms with Crippen molar-refractivity contribution in [3.8, 4) is 0 Å². The van der Waals surface area contributed by atoms with Crippen LogP contribution < -0.4 is 10.9 Å². The maximum Gasteiger partial charge on any atom is 0.261 e. The minimum atomic E-state index is -0.269. The summed E-state index contributed by atoms with van der Waals surface area (Å²) in [4.78, 5) is 29.0.